The summed E-state index contributed by atoms with van der Waals surface area (Å²) < 4.78 is 3.06. The molecule has 1 aromatic heterocycles. The van der Waals surface area contributed by atoms with Gasteiger partial charge >= 0.3 is 0 Å². The van der Waals surface area contributed by atoms with E-state index in [9.17, 15) is 0 Å². The first-order valence-corrected chi connectivity index (χ1v) is 7.17. The van der Waals surface area contributed by atoms with E-state index in [1.807, 2.05) is 6.20 Å². The average molecular weight is 248 g/mol. The van der Waals surface area contributed by atoms with Gasteiger partial charge in [0.05, 0.1) is 0 Å². The molecule has 0 saturated heterocycles. The van der Waals surface area contributed by atoms with E-state index in [4.69, 9.17) is 12.2 Å². The van der Waals surface area contributed by atoms with E-state index < -0.39 is 0 Å². The predicted octanol–water partition coefficient (Wildman–Crippen LogP) is 4.22. The predicted molar refractivity (Wildman–Crippen MR) is 72.5 cm³/mol. The molecule has 1 atom stereocenters. The quantitative estimate of drug-likeness (QED) is 0.614. The number of allylic oxidation sites excluding steroid dienone is 2. The molecule has 2 aliphatic rings. The minimum Gasteiger partial charge on any atom is -0.337 e. The molecule has 0 fully saturated rings. The second-order valence-electron chi connectivity index (χ2n) is 5.44. The van der Waals surface area contributed by atoms with Gasteiger partial charge in [0.1, 0.15) is 0 Å². The van der Waals surface area contributed by atoms with Crippen molar-refractivity contribution in [3.63, 3.8) is 0 Å². The topological polar surface area (TPSA) is 20.7 Å². The third-order valence-corrected chi connectivity index (χ3v) is 4.63. The maximum absolute atomic E-state index is 5.26. The standard InChI is InChI=1S/C14H20N2S/c17-14-15-7-8-16(14)10-11-5-6-12-3-1-2-4-13(12)9-11/h7-8,11H,1-6,9-10H2,(H,15,17). The lowest BCUT2D eigenvalue weighted by Gasteiger charge is -2.30. The summed E-state index contributed by atoms with van der Waals surface area (Å²) >= 11 is 5.26. The van der Waals surface area contributed by atoms with Crippen molar-refractivity contribution in [3.05, 3.63) is 28.3 Å². The third-order valence-electron chi connectivity index (χ3n) is 4.27. The molecule has 92 valence electrons. The van der Waals surface area contributed by atoms with Crippen LogP contribution in [0.5, 0.6) is 0 Å². The molecule has 2 nitrogen and oxygen atoms in total. The van der Waals surface area contributed by atoms with Crippen molar-refractivity contribution in [1.29, 1.82) is 0 Å². The molecular formula is C14H20N2S. The van der Waals surface area contributed by atoms with Crippen LogP contribution in [-0.2, 0) is 6.54 Å². The van der Waals surface area contributed by atoms with E-state index in [0.717, 1.165) is 17.2 Å². The van der Waals surface area contributed by atoms with Crippen LogP contribution < -0.4 is 0 Å². The Labute approximate surface area is 108 Å². The summed E-state index contributed by atoms with van der Waals surface area (Å²) in [7, 11) is 0. The van der Waals surface area contributed by atoms with Crippen LogP contribution in [0, 0.1) is 10.7 Å². The number of hydrogen-bond donors (Lipinski definition) is 1. The molecule has 1 aromatic rings. The third kappa shape index (κ3) is 2.39. The first kappa shape index (κ1) is 11.3. The summed E-state index contributed by atoms with van der Waals surface area (Å²) in [6.45, 7) is 1.10. The van der Waals surface area contributed by atoms with E-state index in [0.29, 0.717) is 0 Å². The van der Waals surface area contributed by atoms with Crippen molar-refractivity contribution in [2.45, 2.75) is 51.5 Å². The highest BCUT2D eigenvalue weighted by Gasteiger charge is 2.23. The first-order valence-electron chi connectivity index (χ1n) is 6.76. The fourth-order valence-corrected chi connectivity index (χ4v) is 3.54. The molecule has 0 radical (unpaired) electrons. The summed E-state index contributed by atoms with van der Waals surface area (Å²) in [6.07, 6.45) is 13.6. The van der Waals surface area contributed by atoms with E-state index >= 15 is 0 Å². The molecule has 2 aliphatic carbocycles. The minimum absolute atomic E-state index is 0.800. The van der Waals surface area contributed by atoms with Crippen LogP contribution in [0.3, 0.4) is 0 Å². The van der Waals surface area contributed by atoms with Crippen molar-refractivity contribution in [3.8, 4) is 0 Å². The van der Waals surface area contributed by atoms with Crippen LogP contribution in [0.2, 0.25) is 0 Å². The lowest BCUT2D eigenvalue weighted by atomic mass is 9.77. The molecule has 0 aliphatic heterocycles. The number of aromatic nitrogens is 2. The highest BCUT2D eigenvalue weighted by atomic mass is 32.1. The van der Waals surface area contributed by atoms with Gasteiger partial charge in [-0.05, 0) is 63.1 Å². The van der Waals surface area contributed by atoms with Crippen LogP contribution in [0.4, 0.5) is 0 Å². The summed E-state index contributed by atoms with van der Waals surface area (Å²) in [4.78, 5) is 3.08. The summed E-state index contributed by atoms with van der Waals surface area (Å²) in [5.41, 5.74) is 3.58. The number of imidazole rings is 1. The molecular weight excluding hydrogens is 228 g/mol. The highest BCUT2D eigenvalue weighted by molar-refractivity contribution is 7.71. The van der Waals surface area contributed by atoms with Gasteiger partial charge in [-0.25, -0.2) is 0 Å². The second kappa shape index (κ2) is 4.81. The summed E-state index contributed by atoms with van der Waals surface area (Å²) in [6, 6.07) is 0. The number of nitrogens with one attached hydrogen (secondary N) is 1. The van der Waals surface area contributed by atoms with Crippen LogP contribution in [0.25, 0.3) is 0 Å². The van der Waals surface area contributed by atoms with Gasteiger partial charge in [-0.15, -0.1) is 0 Å². The maximum atomic E-state index is 5.26. The van der Waals surface area contributed by atoms with Crippen molar-refractivity contribution in [2.75, 3.05) is 0 Å². The molecule has 1 N–H and O–H groups in total. The van der Waals surface area contributed by atoms with E-state index in [2.05, 4.69) is 15.7 Å². The van der Waals surface area contributed by atoms with Gasteiger partial charge in [0.2, 0.25) is 0 Å². The summed E-state index contributed by atoms with van der Waals surface area (Å²) in [5, 5.41) is 0. The van der Waals surface area contributed by atoms with Gasteiger partial charge in [0.15, 0.2) is 4.77 Å². The van der Waals surface area contributed by atoms with Crippen molar-refractivity contribution < 1.29 is 0 Å². The largest absolute Gasteiger partial charge is 0.337 e. The fraction of sp³-hybridized carbons (Fsp3) is 0.643. The van der Waals surface area contributed by atoms with Crippen LogP contribution in [0.15, 0.2) is 23.5 Å². The zero-order valence-electron chi connectivity index (χ0n) is 10.2. The average Bonchev–Trinajstić information content (AvgIpc) is 2.75. The van der Waals surface area contributed by atoms with E-state index in [1.54, 1.807) is 11.1 Å². The maximum Gasteiger partial charge on any atom is 0.177 e. The van der Waals surface area contributed by atoms with Crippen LogP contribution >= 0.6 is 12.2 Å². The number of hydrogen-bond acceptors (Lipinski definition) is 1. The zero-order valence-corrected chi connectivity index (χ0v) is 11.1. The van der Waals surface area contributed by atoms with Crippen LogP contribution in [0.1, 0.15) is 44.9 Å². The first-order chi connectivity index (χ1) is 8.33. The Morgan fingerprint density at radius 2 is 2.06 bits per heavy atom. The lowest BCUT2D eigenvalue weighted by molar-refractivity contribution is 0.372. The molecule has 0 bridgehead atoms. The Balaban J connectivity index is 1.70. The minimum atomic E-state index is 0.800. The molecule has 3 rings (SSSR count). The van der Waals surface area contributed by atoms with Gasteiger partial charge in [-0.2, -0.15) is 0 Å². The monoisotopic (exact) mass is 248 g/mol. The van der Waals surface area contributed by atoms with E-state index in [-0.39, 0.29) is 0 Å². The Morgan fingerprint density at radius 1 is 1.24 bits per heavy atom. The number of H-pyrrole nitrogens is 1. The fourth-order valence-electron chi connectivity index (χ4n) is 3.33. The highest BCUT2D eigenvalue weighted by Crippen LogP contribution is 2.38. The summed E-state index contributed by atoms with van der Waals surface area (Å²) in [5.74, 6) is 0.800. The zero-order chi connectivity index (χ0) is 11.7. The molecule has 1 heterocycles. The van der Waals surface area contributed by atoms with Crippen molar-refractivity contribution in [1.82, 2.24) is 9.55 Å². The Hall–Kier alpha value is -0.830. The second-order valence-corrected chi connectivity index (χ2v) is 5.83. The molecule has 0 aromatic carbocycles. The number of rotatable bonds is 2. The molecule has 17 heavy (non-hydrogen) atoms. The van der Waals surface area contributed by atoms with Gasteiger partial charge in [-0.3, -0.25) is 0 Å². The smallest absolute Gasteiger partial charge is 0.177 e. The molecule has 1 unspecified atom stereocenters. The Kier molecular flexibility index (Phi) is 3.19. The van der Waals surface area contributed by atoms with Crippen molar-refractivity contribution in [2.24, 2.45) is 5.92 Å². The van der Waals surface area contributed by atoms with Gasteiger partial charge in [0.25, 0.3) is 0 Å². The lowest BCUT2D eigenvalue weighted by Crippen LogP contribution is -2.18. The normalized spacial score (nSPS) is 24.8. The Bertz CT molecular complexity index is 480. The molecule has 3 heteroatoms. The molecule has 0 spiro atoms. The van der Waals surface area contributed by atoms with Crippen LogP contribution in [-0.4, -0.2) is 9.55 Å². The SMILES string of the molecule is S=c1[nH]ccn1CC1CCC2=C(CCCC2)C1. The van der Waals surface area contributed by atoms with Gasteiger partial charge in [-0.1, -0.05) is 11.1 Å². The molecule has 0 saturated carbocycles. The van der Waals surface area contributed by atoms with Crippen molar-refractivity contribution >= 4 is 12.2 Å². The van der Waals surface area contributed by atoms with Gasteiger partial charge < -0.3 is 9.55 Å². The molecule has 0 amide bonds. The number of nitrogens with zero attached hydrogens (tertiary/aromatic N) is 1. The van der Waals surface area contributed by atoms with E-state index in [1.165, 1.54) is 44.9 Å². The van der Waals surface area contributed by atoms with Gasteiger partial charge in [0, 0.05) is 18.9 Å². The Morgan fingerprint density at radius 3 is 2.82 bits per heavy atom. The number of aromatic amines is 1.